The maximum atomic E-state index is 12.8. The summed E-state index contributed by atoms with van der Waals surface area (Å²) in [5, 5.41) is 3.30. The Balaban J connectivity index is 1.75. The van der Waals surface area contributed by atoms with Crippen LogP contribution < -0.4 is 11.1 Å². The Labute approximate surface area is 136 Å². The fraction of sp³-hybridized carbons (Fsp3) is 0.643. The number of carbonyl (C=O) groups excluding carboxylic acids is 1. The van der Waals surface area contributed by atoms with Crippen LogP contribution in [0.2, 0.25) is 0 Å². The predicted molar refractivity (Wildman–Crippen MR) is 85.5 cm³/mol. The molecule has 2 aliphatic rings. The summed E-state index contributed by atoms with van der Waals surface area (Å²) in [5.41, 5.74) is 5.46. The molecule has 2 saturated heterocycles. The number of hydrogen-bond donors (Lipinski definition) is 2. The number of carbonyl (C=O) groups is 1. The molecule has 0 spiro atoms. The minimum atomic E-state index is -3.58. The minimum Gasteiger partial charge on any atom is -0.364 e. The lowest BCUT2D eigenvalue weighted by Gasteiger charge is -2.32. The molecule has 3 N–H and O–H groups in total. The quantitative estimate of drug-likeness (QED) is 0.716. The van der Waals surface area contributed by atoms with Crippen LogP contribution in [-0.4, -0.2) is 73.4 Å². The number of amides is 1. The zero-order valence-electron chi connectivity index (χ0n) is 13.2. The molecule has 1 unspecified atom stereocenters. The highest BCUT2D eigenvalue weighted by Crippen LogP contribution is 2.25. The van der Waals surface area contributed by atoms with Crippen LogP contribution in [0.5, 0.6) is 0 Å². The summed E-state index contributed by atoms with van der Waals surface area (Å²) in [4.78, 5) is 13.8. The van der Waals surface area contributed by atoms with Crippen molar-refractivity contribution in [3.8, 4) is 0 Å². The van der Waals surface area contributed by atoms with E-state index in [1.807, 2.05) is 0 Å². The number of nitrogens with one attached hydrogen (secondary N) is 1. The number of piperazine rings is 1. The molecule has 9 heteroatoms. The monoisotopic (exact) mass is 341 g/mol. The number of sulfonamides is 1. The van der Waals surface area contributed by atoms with Crippen molar-refractivity contribution < 1.29 is 13.2 Å². The van der Waals surface area contributed by atoms with Gasteiger partial charge in [-0.1, -0.05) is 0 Å². The first-order valence-corrected chi connectivity index (χ1v) is 9.24. The summed E-state index contributed by atoms with van der Waals surface area (Å²) in [6.07, 6.45) is 2.29. The van der Waals surface area contributed by atoms with Crippen LogP contribution in [0.15, 0.2) is 17.2 Å². The molecule has 1 aromatic rings. The molecule has 0 saturated carbocycles. The van der Waals surface area contributed by atoms with Gasteiger partial charge in [0.05, 0.1) is 0 Å². The van der Waals surface area contributed by atoms with E-state index >= 15 is 0 Å². The largest absolute Gasteiger partial charge is 0.364 e. The molecular weight excluding hydrogens is 318 g/mol. The summed E-state index contributed by atoms with van der Waals surface area (Å²) in [6, 6.07) is 1.63. The molecule has 8 nitrogen and oxygen atoms in total. The van der Waals surface area contributed by atoms with Crippen LogP contribution in [0, 0.1) is 0 Å². The normalized spacial score (nSPS) is 24.1. The molecule has 0 bridgehead atoms. The molecule has 0 aliphatic carbocycles. The van der Waals surface area contributed by atoms with Crippen LogP contribution in [0.1, 0.15) is 16.9 Å². The Bertz CT molecular complexity index is 693. The molecule has 1 aromatic heterocycles. The Kier molecular flexibility index (Phi) is 4.45. The van der Waals surface area contributed by atoms with E-state index in [0.29, 0.717) is 13.1 Å². The van der Waals surface area contributed by atoms with Crippen molar-refractivity contribution in [2.45, 2.75) is 17.4 Å². The van der Waals surface area contributed by atoms with Crippen molar-refractivity contribution in [2.75, 3.05) is 39.3 Å². The summed E-state index contributed by atoms with van der Waals surface area (Å²) in [7, 11) is -1.97. The van der Waals surface area contributed by atoms with Crippen molar-refractivity contribution in [3.63, 3.8) is 0 Å². The van der Waals surface area contributed by atoms with Crippen LogP contribution in [-0.2, 0) is 17.1 Å². The van der Waals surface area contributed by atoms with Crippen molar-refractivity contribution in [1.29, 1.82) is 0 Å². The van der Waals surface area contributed by atoms with Crippen LogP contribution in [0.25, 0.3) is 0 Å². The fourth-order valence-corrected chi connectivity index (χ4v) is 4.91. The second-order valence-corrected chi connectivity index (χ2v) is 8.07. The third-order valence-corrected chi connectivity index (χ3v) is 6.49. The van der Waals surface area contributed by atoms with E-state index in [1.165, 1.54) is 21.1 Å². The zero-order valence-corrected chi connectivity index (χ0v) is 14.1. The smallest absolute Gasteiger partial charge is 0.265 e. The lowest BCUT2D eigenvalue weighted by atomic mass is 10.2. The van der Waals surface area contributed by atoms with Crippen LogP contribution in [0.3, 0.4) is 0 Å². The van der Waals surface area contributed by atoms with Gasteiger partial charge in [-0.15, -0.1) is 0 Å². The first-order valence-electron chi connectivity index (χ1n) is 7.80. The van der Waals surface area contributed by atoms with E-state index in [2.05, 4.69) is 10.2 Å². The maximum Gasteiger partial charge on any atom is 0.265 e. The standard InChI is InChI=1S/C14H23N5O3S/c1-17-10-12(8-13(17)14(15)20)23(21,22)19-5-2-11(9-19)18-6-3-16-4-7-18/h8,10-11,16H,2-7,9H2,1H3,(H2,15,20). The molecule has 2 fully saturated rings. The second-order valence-electron chi connectivity index (χ2n) is 6.13. The average molecular weight is 341 g/mol. The van der Waals surface area contributed by atoms with E-state index in [0.717, 1.165) is 32.6 Å². The Morgan fingerprint density at radius 3 is 2.61 bits per heavy atom. The highest BCUT2D eigenvalue weighted by atomic mass is 32.2. The lowest BCUT2D eigenvalue weighted by molar-refractivity contribution is 0.0992. The lowest BCUT2D eigenvalue weighted by Crippen LogP contribution is -2.49. The van der Waals surface area contributed by atoms with Crippen molar-refractivity contribution >= 4 is 15.9 Å². The number of nitrogens with two attached hydrogens (primary N) is 1. The molecule has 23 heavy (non-hydrogen) atoms. The summed E-state index contributed by atoms with van der Waals surface area (Å²) < 4.78 is 28.5. The van der Waals surface area contributed by atoms with E-state index < -0.39 is 15.9 Å². The zero-order chi connectivity index (χ0) is 16.6. The molecule has 128 valence electrons. The van der Waals surface area contributed by atoms with E-state index in [1.54, 1.807) is 7.05 Å². The number of hydrogen-bond acceptors (Lipinski definition) is 5. The molecule has 2 aliphatic heterocycles. The second kappa shape index (κ2) is 6.23. The predicted octanol–water partition coefficient (Wildman–Crippen LogP) is -1.21. The number of nitrogens with zero attached hydrogens (tertiary/aromatic N) is 3. The van der Waals surface area contributed by atoms with Crippen molar-refractivity contribution in [1.82, 2.24) is 19.1 Å². The summed E-state index contributed by atoms with van der Waals surface area (Å²) >= 11 is 0. The number of rotatable bonds is 4. The Morgan fingerprint density at radius 2 is 2.00 bits per heavy atom. The first kappa shape index (κ1) is 16.4. The van der Waals surface area contributed by atoms with Crippen LogP contribution in [0.4, 0.5) is 0 Å². The van der Waals surface area contributed by atoms with E-state index in [4.69, 9.17) is 5.73 Å². The Hall–Kier alpha value is -1.42. The highest BCUT2D eigenvalue weighted by molar-refractivity contribution is 7.89. The molecule has 1 atom stereocenters. The van der Waals surface area contributed by atoms with Gasteiger partial charge in [-0.3, -0.25) is 9.69 Å². The van der Waals surface area contributed by atoms with Crippen LogP contribution >= 0.6 is 0 Å². The third kappa shape index (κ3) is 3.14. The number of aryl methyl sites for hydroxylation is 1. The van der Waals surface area contributed by atoms with Gasteiger partial charge in [0.15, 0.2) is 0 Å². The van der Waals surface area contributed by atoms with Crippen molar-refractivity contribution in [2.24, 2.45) is 12.8 Å². The van der Waals surface area contributed by atoms with Gasteiger partial charge >= 0.3 is 0 Å². The van der Waals surface area contributed by atoms with E-state index in [-0.39, 0.29) is 16.6 Å². The third-order valence-electron chi connectivity index (χ3n) is 4.66. The first-order chi connectivity index (χ1) is 10.9. The summed E-state index contributed by atoms with van der Waals surface area (Å²) in [5.74, 6) is -0.630. The van der Waals surface area contributed by atoms with E-state index in [9.17, 15) is 13.2 Å². The fourth-order valence-electron chi connectivity index (χ4n) is 3.34. The highest BCUT2D eigenvalue weighted by Gasteiger charge is 2.36. The van der Waals surface area contributed by atoms with Crippen molar-refractivity contribution in [3.05, 3.63) is 18.0 Å². The van der Waals surface area contributed by atoms with Gasteiger partial charge in [0.25, 0.3) is 5.91 Å². The molecule has 0 radical (unpaired) electrons. The summed E-state index contributed by atoms with van der Waals surface area (Å²) in [6.45, 7) is 4.82. The number of primary amides is 1. The van der Waals surface area contributed by atoms with Gasteiger partial charge in [0.1, 0.15) is 10.6 Å². The Morgan fingerprint density at radius 1 is 1.30 bits per heavy atom. The molecule has 1 amide bonds. The van der Waals surface area contributed by atoms with Gasteiger partial charge in [-0.2, -0.15) is 4.31 Å². The number of aromatic nitrogens is 1. The molecule has 0 aromatic carbocycles. The van der Waals surface area contributed by atoms with Gasteiger partial charge < -0.3 is 15.6 Å². The van der Waals surface area contributed by atoms with Gasteiger partial charge in [0, 0.05) is 58.6 Å². The molecule has 3 rings (SSSR count). The average Bonchev–Trinajstić information content (AvgIpc) is 3.15. The molecular formula is C14H23N5O3S. The topological polar surface area (TPSA) is 101 Å². The van der Waals surface area contributed by atoms with Gasteiger partial charge in [-0.05, 0) is 12.5 Å². The van der Waals surface area contributed by atoms with Gasteiger partial charge in [0.2, 0.25) is 10.0 Å². The SMILES string of the molecule is Cn1cc(S(=O)(=O)N2CCC(N3CCNCC3)C2)cc1C(N)=O. The van der Waals surface area contributed by atoms with Gasteiger partial charge in [-0.25, -0.2) is 8.42 Å². The molecule has 3 heterocycles. The maximum absolute atomic E-state index is 12.8. The minimum absolute atomic E-state index is 0.134.